The van der Waals surface area contributed by atoms with Gasteiger partial charge in [-0.2, -0.15) is 5.10 Å². The molecule has 126 valence electrons. The Bertz CT molecular complexity index is 681. The Labute approximate surface area is 142 Å². The van der Waals surface area contributed by atoms with Gasteiger partial charge < -0.3 is 9.47 Å². The van der Waals surface area contributed by atoms with Crippen molar-refractivity contribution in [2.75, 3.05) is 13.7 Å². The number of benzene rings is 2. The highest BCUT2D eigenvalue weighted by Gasteiger charge is 2.04. The monoisotopic (exact) mass is 326 g/mol. The molecule has 0 bridgehead atoms. The summed E-state index contributed by atoms with van der Waals surface area (Å²) in [6, 6.07) is 14.4. The van der Waals surface area contributed by atoms with Gasteiger partial charge in [-0.3, -0.25) is 4.79 Å². The quantitative estimate of drug-likeness (QED) is 0.458. The van der Waals surface area contributed by atoms with Crippen LogP contribution >= 0.6 is 0 Å². The van der Waals surface area contributed by atoms with E-state index in [0.29, 0.717) is 12.2 Å². The lowest BCUT2D eigenvalue weighted by atomic mass is 10.2. The summed E-state index contributed by atoms with van der Waals surface area (Å²) in [6.07, 6.45) is 3.68. The second-order valence-corrected chi connectivity index (χ2v) is 5.20. The number of unbranched alkanes of at least 4 members (excludes halogenated alkanes) is 1. The number of hydrazone groups is 1. The van der Waals surface area contributed by atoms with Crippen LogP contribution in [0.5, 0.6) is 11.5 Å². The minimum atomic E-state index is -0.269. The van der Waals surface area contributed by atoms with Gasteiger partial charge in [-0.15, -0.1) is 0 Å². The highest BCUT2D eigenvalue weighted by molar-refractivity contribution is 5.95. The number of hydrogen-bond donors (Lipinski definition) is 1. The number of nitrogens with zero attached hydrogens (tertiary/aromatic N) is 1. The lowest BCUT2D eigenvalue weighted by Crippen LogP contribution is -2.17. The summed E-state index contributed by atoms with van der Waals surface area (Å²) >= 11 is 0. The second-order valence-electron chi connectivity index (χ2n) is 5.20. The van der Waals surface area contributed by atoms with Gasteiger partial charge in [0.05, 0.1) is 19.9 Å². The Morgan fingerprint density at radius 3 is 2.67 bits per heavy atom. The number of carbonyl (C=O) groups excluding carboxylic acids is 1. The van der Waals surface area contributed by atoms with Gasteiger partial charge in [-0.25, -0.2) is 5.43 Å². The van der Waals surface area contributed by atoms with E-state index in [-0.39, 0.29) is 5.91 Å². The molecule has 5 heteroatoms. The van der Waals surface area contributed by atoms with Crippen molar-refractivity contribution in [1.82, 2.24) is 5.43 Å². The number of nitrogens with one attached hydrogen (secondary N) is 1. The summed E-state index contributed by atoms with van der Waals surface area (Å²) in [7, 11) is 1.60. The third-order valence-electron chi connectivity index (χ3n) is 3.36. The smallest absolute Gasteiger partial charge is 0.271 e. The Morgan fingerprint density at radius 2 is 1.96 bits per heavy atom. The van der Waals surface area contributed by atoms with Crippen LogP contribution in [0, 0.1) is 0 Å². The van der Waals surface area contributed by atoms with Gasteiger partial charge in [0.15, 0.2) is 0 Å². The Kier molecular flexibility index (Phi) is 6.83. The predicted molar refractivity (Wildman–Crippen MR) is 94.9 cm³/mol. The van der Waals surface area contributed by atoms with Crippen molar-refractivity contribution in [1.29, 1.82) is 0 Å². The van der Waals surface area contributed by atoms with Crippen molar-refractivity contribution in [2.45, 2.75) is 19.8 Å². The van der Waals surface area contributed by atoms with Crippen LogP contribution in [0.4, 0.5) is 0 Å². The van der Waals surface area contributed by atoms with Gasteiger partial charge >= 0.3 is 0 Å². The van der Waals surface area contributed by atoms with Crippen molar-refractivity contribution in [3.05, 3.63) is 59.7 Å². The van der Waals surface area contributed by atoms with Crippen LogP contribution in [-0.2, 0) is 0 Å². The molecule has 0 spiro atoms. The first kappa shape index (κ1) is 17.5. The van der Waals surface area contributed by atoms with Crippen LogP contribution in [-0.4, -0.2) is 25.8 Å². The maximum atomic E-state index is 12.0. The highest BCUT2D eigenvalue weighted by Crippen LogP contribution is 2.13. The molecule has 2 rings (SSSR count). The number of amides is 1. The molecule has 2 aromatic rings. The molecule has 1 amide bonds. The molecule has 0 aliphatic heterocycles. The Hall–Kier alpha value is -2.82. The molecule has 2 aromatic carbocycles. The third kappa shape index (κ3) is 5.43. The molecule has 0 unspecified atom stereocenters. The van der Waals surface area contributed by atoms with Gasteiger partial charge in [0, 0.05) is 5.56 Å². The van der Waals surface area contributed by atoms with Crippen LogP contribution in [0.1, 0.15) is 35.7 Å². The van der Waals surface area contributed by atoms with Gasteiger partial charge in [-0.05, 0) is 48.4 Å². The molecule has 0 aliphatic rings. The first-order valence-electron chi connectivity index (χ1n) is 7.93. The van der Waals surface area contributed by atoms with E-state index < -0.39 is 0 Å². The van der Waals surface area contributed by atoms with Crippen molar-refractivity contribution in [2.24, 2.45) is 5.10 Å². The molecule has 0 saturated carbocycles. The number of rotatable bonds is 8. The predicted octanol–water partition coefficient (Wildman–Crippen LogP) is 3.64. The Balaban J connectivity index is 1.88. The topological polar surface area (TPSA) is 59.9 Å². The third-order valence-corrected chi connectivity index (χ3v) is 3.36. The maximum Gasteiger partial charge on any atom is 0.271 e. The largest absolute Gasteiger partial charge is 0.497 e. The standard InChI is InChI=1S/C19H22N2O3/c1-3-4-12-24-17-10-8-16(9-11-17)19(22)21-20-14-15-6-5-7-18(13-15)23-2/h5-11,13-14H,3-4,12H2,1-2H3,(H,21,22). The fraction of sp³-hybridized carbons (Fsp3) is 0.263. The van der Waals surface area contributed by atoms with E-state index in [1.807, 2.05) is 24.3 Å². The molecule has 1 N–H and O–H groups in total. The first-order valence-corrected chi connectivity index (χ1v) is 7.93. The van der Waals surface area contributed by atoms with Crippen molar-refractivity contribution < 1.29 is 14.3 Å². The zero-order valence-corrected chi connectivity index (χ0v) is 14.0. The molecular formula is C19H22N2O3. The molecule has 5 nitrogen and oxygen atoms in total. The molecule has 24 heavy (non-hydrogen) atoms. The minimum absolute atomic E-state index is 0.269. The van der Waals surface area contributed by atoms with E-state index in [0.717, 1.165) is 29.9 Å². The molecule has 0 heterocycles. The van der Waals surface area contributed by atoms with Crippen molar-refractivity contribution in [3.63, 3.8) is 0 Å². The SMILES string of the molecule is CCCCOc1ccc(C(=O)NN=Cc2cccc(OC)c2)cc1. The van der Waals surface area contributed by atoms with Crippen molar-refractivity contribution in [3.8, 4) is 11.5 Å². The molecule has 0 aliphatic carbocycles. The van der Waals surface area contributed by atoms with Gasteiger partial charge in [0.25, 0.3) is 5.91 Å². The number of methoxy groups -OCH3 is 1. The fourth-order valence-corrected chi connectivity index (χ4v) is 1.99. The van der Waals surface area contributed by atoms with Gasteiger partial charge in [0.1, 0.15) is 11.5 Å². The van der Waals surface area contributed by atoms with Crippen LogP contribution in [0.15, 0.2) is 53.6 Å². The minimum Gasteiger partial charge on any atom is -0.497 e. The summed E-state index contributed by atoms with van der Waals surface area (Å²) in [5, 5.41) is 3.97. The molecular weight excluding hydrogens is 304 g/mol. The number of hydrogen-bond acceptors (Lipinski definition) is 4. The van der Waals surface area contributed by atoms with E-state index in [4.69, 9.17) is 9.47 Å². The molecule has 0 radical (unpaired) electrons. The second kappa shape index (κ2) is 9.35. The average molecular weight is 326 g/mol. The summed E-state index contributed by atoms with van der Waals surface area (Å²) in [6.45, 7) is 2.80. The lowest BCUT2D eigenvalue weighted by Gasteiger charge is -2.06. The van der Waals surface area contributed by atoms with E-state index in [9.17, 15) is 4.79 Å². The van der Waals surface area contributed by atoms with Crippen molar-refractivity contribution >= 4 is 12.1 Å². The first-order chi connectivity index (χ1) is 11.7. The lowest BCUT2D eigenvalue weighted by molar-refractivity contribution is 0.0955. The number of carbonyl (C=O) groups is 1. The van der Waals surface area contributed by atoms with E-state index in [1.54, 1.807) is 37.6 Å². The summed E-state index contributed by atoms with van der Waals surface area (Å²) in [4.78, 5) is 12.0. The average Bonchev–Trinajstić information content (AvgIpc) is 2.62. The summed E-state index contributed by atoms with van der Waals surface area (Å²) < 4.78 is 10.7. The summed E-state index contributed by atoms with van der Waals surface area (Å²) in [5.74, 6) is 1.23. The molecule has 0 aromatic heterocycles. The van der Waals surface area contributed by atoms with Gasteiger partial charge in [-0.1, -0.05) is 25.5 Å². The molecule has 0 saturated heterocycles. The normalized spacial score (nSPS) is 10.6. The van der Waals surface area contributed by atoms with Crippen LogP contribution in [0.25, 0.3) is 0 Å². The maximum absolute atomic E-state index is 12.0. The number of ether oxygens (including phenoxy) is 2. The zero-order chi connectivity index (χ0) is 17.2. The van der Waals surface area contributed by atoms with Crippen LogP contribution in [0.2, 0.25) is 0 Å². The van der Waals surface area contributed by atoms with Crippen LogP contribution in [0.3, 0.4) is 0 Å². The Morgan fingerprint density at radius 1 is 1.17 bits per heavy atom. The summed E-state index contributed by atoms with van der Waals surface area (Å²) in [5.41, 5.74) is 3.88. The molecule has 0 fully saturated rings. The highest BCUT2D eigenvalue weighted by atomic mass is 16.5. The fourth-order valence-electron chi connectivity index (χ4n) is 1.99. The van der Waals surface area contributed by atoms with Crippen LogP contribution < -0.4 is 14.9 Å². The van der Waals surface area contributed by atoms with Gasteiger partial charge in [0.2, 0.25) is 0 Å². The van der Waals surface area contributed by atoms with E-state index >= 15 is 0 Å². The van der Waals surface area contributed by atoms with E-state index in [2.05, 4.69) is 17.5 Å². The zero-order valence-electron chi connectivity index (χ0n) is 14.0. The van der Waals surface area contributed by atoms with E-state index in [1.165, 1.54) is 0 Å². The molecule has 0 atom stereocenters.